The highest BCUT2D eigenvalue weighted by atomic mass is 35.5. The van der Waals surface area contributed by atoms with E-state index in [0.717, 1.165) is 18.0 Å². The Morgan fingerprint density at radius 1 is 1.19 bits per heavy atom. The van der Waals surface area contributed by atoms with Gasteiger partial charge in [-0.3, -0.25) is 30.7 Å². The molecule has 0 heterocycles. The van der Waals surface area contributed by atoms with Gasteiger partial charge in [0.15, 0.2) is 0 Å². The number of nitro groups is 1. The summed E-state index contributed by atoms with van der Waals surface area (Å²) in [5.41, 5.74) is 6.17. The Balaban J connectivity index is 2.13. The molecule has 0 aliphatic rings. The first-order chi connectivity index (χ1) is 12.9. The zero-order valence-electron chi connectivity index (χ0n) is 15.1. The molecule has 0 atom stereocenters. The Bertz CT molecular complexity index is 815. The molecule has 1 amide bonds. The molecule has 27 heavy (non-hydrogen) atoms. The fourth-order valence-electron chi connectivity index (χ4n) is 2.32. The standard InChI is InChI=1S/C18H21ClN4O3S/c1-3-22(4-2)12-18(24)21-20-14-7-5-6-8-16(14)27-17-10-9-13(19)11-15(17)23(25)26/h5-11,20H,3-4,12H2,1-2H3,(H,21,24). The van der Waals surface area contributed by atoms with E-state index >= 15 is 0 Å². The van der Waals surface area contributed by atoms with Crippen LogP contribution >= 0.6 is 23.4 Å². The molecule has 9 heteroatoms. The number of likely N-dealkylation sites (N-methyl/N-ethyl adjacent to an activating group) is 1. The van der Waals surface area contributed by atoms with Gasteiger partial charge in [-0.15, -0.1) is 0 Å². The Labute approximate surface area is 167 Å². The van der Waals surface area contributed by atoms with Crippen molar-refractivity contribution in [2.24, 2.45) is 0 Å². The summed E-state index contributed by atoms with van der Waals surface area (Å²) < 4.78 is 0. The zero-order chi connectivity index (χ0) is 19.8. The minimum atomic E-state index is -0.462. The topological polar surface area (TPSA) is 87.5 Å². The molecule has 2 rings (SSSR count). The second-order valence-corrected chi connectivity index (χ2v) is 7.12. The number of carbonyl (C=O) groups is 1. The third-order valence-electron chi connectivity index (χ3n) is 3.82. The van der Waals surface area contributed by atoms with Crippen LogP contribution in [-0.4, -0.2) is 35.4 Å². The molecule has 144 valence electrons. The molecule has 0 saturated heterocycles. The van der Waals surface area contributed by atoms with Crippen LogP contribution in [0, 0.1) is 10.1 Å². The van der Waals surface area contributed by atoms with Crippen molar-refractivity contribution < 1.29 is 9.72 Å². The van der Waals surface area contributed by atoms with Gasteiger partial charge in [0.2, 0.25) is 0 Å². The third-order valence-corrected chi connectivity index (χ3v) is 5.20. The summed E-state index contributed by atoms with van der Waals surface area (Å²) in [6.07, 6.45) is 0. The van der Waals surface area contributed by atoms with Crippen molar-refractivity contribution in [3.8, 4) is 0 Å². The van der Waals surface area contributed by atoms with E-state index in [9.17, 15) is 14.9 Å². The lowest BCUT2D eigenvalue weighted by Crippen LogP contribution is -2.39. The number of hydrazine groups is 1. The third kappa shape index (κ3) is 6.13. The summed E-state index contributed by atoms with van der Waals surface area (Å²) in [6.45, 7) is 5.86. The summed E-state index contributed by atoms with van der Waals surface area (Å²) in [5.74, 6) is -0.157. The number of nitrogens with zero attached hydrogens (tertiary/aromatic N) is 2. The van der Waals surface area contributed by atoms with Gasteiger partial charge in [0.25, 0.3) is 11.6 Å². The van der Waals surface area contributed by atoms with E-state index in [4.69, 9.17) is 11.6 Å². The van der Waals surface area contributed by atoms with Crippen molar-refractivity contribution in [2.45, 2.75) is 23.6 Å². The molecule has 7 nitrogen and oxygen atoms in total. The molecule has 0 aliphatic carbocycles. The van der Waals surface area contributed by atoms with Gasteiger partial charge in [-0.2, -0.15) is 0 Å². The summed E-state index contributed by atoms with van der Waals surface area (Å²) in [4.78, 5) is 26.1. The minimum Gasteiger partial charge on any atom is -0.297 e. The van der Waals surface area contributed by atoms with Crippen LogP contribution in [0.4, 0.5) is 11.4 Å². The van der Waals surface area contributed by atoms with Crippen LogP contribution in [0.1, 0.15) is 13.8 Å². The van der Waals surface area contributed by atoms with Crippen molar-refractivity contribution in [1.82, 2.24) is 10.3 Å². The average Bonchev–Trinajstić information content (AvgIpc) is 2.66. The maximum absolute atomic E-state index is 12.1. The smallest absolute Gasteiger partial charge is 0.284 e. The molecular weight excluding hydrogens is 388 g/mol. The number of nitro benzene ring substituents is 1. The van der Waals surface area contributed by atoms with Crippen molar-refractivity contribution in [3.63, 3.8) is 0 Å². The van der Waals surface area contributed by atoms with Gasteiger partial charge in [-0.05, 0) is 37.4 Å². The van der Waals surface area contributed by atoms with Crippen molar-refractivity contribution >= 4 is 40.6 Å². The van der Waals surface area contributed by atoms with Gasteiger partial charge in [0.05, 0.1) is 22.1 Å². The van der Waals surface area contributed by atoms with Crippen molar-refractivity contribution in [3.05, 3.63) is 57.6 Å². The fourth-order valence-corrected chi connectivity index (χ4v) is 3.48. The molecule has 0 bridgehead atoms. The minimum absolute atomic E-state index is 0.0622. The lowest BCUT2D eigenvalue weighted by Gasteiger charge is -2.18. The highest BCUT2D eigenvalue weighted by Gasteiger charge is 2.17. The Kier molecular flexibility index (Phi) is 7.90. The van der Waals surface area contributed by atoms with E-state index in [1.807, 2.05) is 36.9 Å². The van der Waals surface area contributed by atoms with Crippen LogP contribution in [0.15, 0.2) is 52.3 Å². The van der Waals surface area contributed by atoms with Crippen molar-refractivity contribution in [1.29, 1.82) is 0 Å². The summed E-state index contributed by atoms with van der Waals surface area (Å²) in [5, 5.41) is 11.6. The largest absolute Gasteiger partial charge is 0.297 e. The van der Waals surface area contributed by atoms with Crippen LogP contribution in [0.25, 0.3) is 0 Å². The number of carbonyl (C=O) groups excluding carboxylic acids is 1. The maximum Gasteiger partial charge on any atom is 0.284 e. The van der Waals surface area contributed by atoms with E-state index in [2.05, 4.69) is 10.9 Å². The first-order valence-corrected chi connectivity index (χ1v) is 9.62. The summed E-state index contributed by atoms with van der Waals surface area (Å²) in [6, 6.07) is 11.8. The first kappa shape index (κ1) is 21.0. The molecule has 2 N–H and O–H groups in total. The van der Waals surface area contributed by atoms with Gasteiger partial charge in [0, 0.05) is 16.0 Å². The van der Waals surface area contributed by atoms with E-state index in [-0.39, 0.29) is 18.1 Å². The molecule has 2 aromatic rings. The summed E-state index contributed by atoms with van der Waals surface area (Å²) in [7, 11) is 0. The van der Waals surface area contributed by atoms with Gasteiger partial charge in [-0.1, -0.05) is 49.3 Å². The molecule has 0 unspecified atom stereocenters. The monoisotopic (exact) mass is 408 g/mol. The summed E-state index contributed by atoms with van der Waals surface area (Å²) >= 11 is 7.10. The molecule has 0 aliphatic heterocycles. The lowest BCUT2D eigenvalue weighted by atomic mass is 10.3. The number of benzene rings is 2. The predicted molar refractivity (Wildman–Crippen MR) is 108 cm³/mol. The maximum atomic E-state index is 12.1. The molecule has 0 spiro atoms. The quantitative estimate of drug-likeness (QED) is 0.478. The van der Waals surface area contributed by atoms with Crippen molar-refractivity contribution in [2.75, 3.05) is 25.1 Å². The second kappa shape index (κ2) is 10.1. The number of hydrogen-bond donors (Lipinski definition) is 2. The van der Waals surface area contributed by atoms with Crippen LogP contribution in [-0.2, 0) is 4.79 Å². The SMILES string of the molecule is CCN(CC)CC(=O)NNc1ccccc1Sc1ccc(Cl)cc1[N+](=O)[O-]. The zero-order valence-corrected chi connectivity index (χ0v) is 16.6. The Morgan fingerprint density at radius 2 is 1.89 bits per heavy atom. The Hall–Kier alpha value is -2.29. The second-order valence-electron chi connectivity index (χ2n) is 5.60. The molecule has 0 radical (unpaired) electrons. The molecule has 2 aromatic carbocycles. The highest BCUT2D eigenvalue weighted by molar-refractivity contribution is 7.99. The van der Waals surface area contributed by atoms with Crippen LogP contribution in [0.3, 0.4) is 0 Å². The average molecular weight is 409 g/mol. The number of para-hydroxylation sites is 1. The molecule has 0 fully saturated rings. The Morgan fingerprint density at radius 3 is 2.56 bits per heavy atom. The van der Waals surface area contributed by atoms with Gasteiger partial charge in [0.1, 0.15) is 0 Å². The van der Waals surface area contributed by atoms with Crippen LogP contribution < -0.4 is 10.9 Å². The lowest BCUT2D eigenvalue weighted by molar-refractivity contribution is -0.387. The van der Waals surface area contributed by atoms with Crippen LogP contribution in [0.2, 0.25) is 5.02 Å². The van der Waals surface area contributed by atoms with E-state index in [1.54, 1.807) is 18.2 Å². The number of rotatable bonds is 9. The number of halogens is 1. The van der Waals surface area contributed by atoms with Gasteiger partial charge in [-0.25, -0.2) is 0 Å². The molecule has 0 aromatic heterocycles. The number of nitrogens with one attached hydrogen (secondary N) is 2. The van der Waals surface area contributed by atoms with E-state index in [1.165, 1.54) is 17.8 Å². The molecular formula is C18H21ClN4O3S. The highest BCUT2D eigenvalue weighted by Crippen LogP contribution is 2.39. The number of anilines is 1. The fraction of sp³-hybridized carbons (Fsp3) is 0.278. The number of hydrogen-bond acceptors (Lipinski definition) is 6. The molecule has 0 saturated carbocycles. The first-order valence-electron chi connectivity index (χ1n) is 8.42. The van der Waals surface area contributed by atoms with Gasteiger partial charge >= 0.3 is 0 Å². The normalized spacial score (nSPS) is 10.7. The van der Waals surface area contributed by atoms with Gasteiger partial charge < -0.3 is 0 Å². The number of amides is 1. The van der Waals surface area contributed by atoms with E-state index in [0.29, 0.717) is 15.6 Å². The predicted octanol–water partition coefficient (Wildman–Crippen LogP) is 4.18. The van der Waals surface area contributed by atoms with E-state index < -0.39 is 4.92 Å². The van der Waals surface area contributed by atoms with Crippen LogP contribution in [0.5, 0.6) is 0 Å².